The fraction of sp³-hybridized carbons (Fsp3) is 0.286. The second-order valence-electron chi connectivity index (χ2n) is 5.53. The predicted octanol–water partition coefficient (Wildman–Crippen LogP) is 5.48. The lowest BCUT2D eigenvalue weighted by Crippen LogP contribution is -2.53. The van der Waals surface area contributed by atoms with E-state index in [2.05, 4.69) is 0 Å². The van der Waals surface area contributed by atoms with Crippen LogP contribution in [0.2, 0.25) is 8.67 Å². The van der Waals surface area contributed by atoms with Gasteiger partial charge in [-0.15, -0.1) is 11.3 Å². The molecule has 0 unspecified atom stereocenters. The highest BCUT2D eigenvalue weighted by molar-refractivity contribution is 7.93. The van der Waals surface area contributed by atoms with Crippen molar-refractivity contribution in [3.8, 4) is 0 Å². The van der Waals surface area contributed by atoms with Gasteiger partial charge in [-0.05, 0) is 24.6 Å². The largest absolute Gasteiger partial charge is 0.430 e. The molecule has 2 rings (SSSR count). The maximum Gasteiger partial charge on any atom is 0.430 e. The second-order valence-corrected chi connectivity index (χ2v) is 9.47. The lowest BCUT2D eigenvalue weighted by atomic mass is 9.91. The third kappa shape index (κ3) is 4.06. The number of nitrogens with one attached hydrogen (secondary N) is 1. The number of benzene rings is 1. The van der Waals surface area contributed by atoms with E-state index in [1.165, 1.54) is 0 Å². The summed E-state index contributed by atoms with van der Waals surface area (Å²) in [6.45, 7) is 1.07. The molecule has 0 spiro atoms. The average molecular weight is 488 g/mol. The molecule has 0 amide bonds. The van der Waals surface area contributed by atoms with Crippen LogP contribution in [0.15, 0.2) is 29.2 Å². The van der Waals surface area contributed by atoms with E-state index >= 15 is 0 Å². The minimum atomic E-state index is -6.06. The van der Waals surface area contributed by atoms with E-state index in [0.717, 1.165) is 24.3 Å². The Balaban J connectivity index is 2.49. The van der Waals surface area contributed by atoms with Crippen LogP contribution in [0, 0.1) is 6.92 Å². The summed E-state index contributed by atoms with van der Waals surface area (Å²) in [6.07, 6.45) is -12.1. The molecule has 28 heavy (non-hydrogen) atoms. The Morgan fingerprint density at radius 3 is 1.96 bits per heavy atom. The minimum absolute atomic E-state index is 0.0536. The molecule has 2 aromatic rings. The van der Waals surface area contributed by atoms with Crippen molar-refractivity contribution in [1.29, 1.82) is 0 Å². The Labute approximate surface area is 168 Å². The van der Waals surface area contributed by atoms with Gasteiger partial charge in [-0.2, -0.15) is 26.3 Å². The van der Waals surface area contributed by atoms with Crippen molar-refractivity contribution in [3.05, 3.63) is 44.1 Å². The van der Waals surface area contributed by atoms with Crippen molar-refractivity contribution in [2.75, 3.05) is 4.72 Å². The summed E-state index contributed by atoms with van der Waals surface area (Å²) < 4.78 is 104. The second kappa shape index (κ2) is 7.24. The molecule has 0 saturated heterocycles. The van der Waals surface area contributed by atoms with Crippen LogP contribution in [0.4, 0.5) is 32.0 Å². The van der Waals surface area contributed by atoms with Crippen LogP contribution in [-0.2, 0) is 15.6 Å². The molecular weight excluding hydrogens is 479 g/mol. The number of aliphatic hydroxyl groups is 1. The van der Waals surface area contributed by atoms with Crippen molar-refractivity contribution in [2.24, 2.45) is 0 Å². The highest BCUT2D eigenvalue weighted by Gasteiger charge is 2.71. The van der Waals surface area contributed by atoms with E-state index in [1.54, 1.807) is 0 Å². The molecule has 0 aliphatic carbocycles. The number of aryl methyl sites for hydroxylation is 1. The Bertz CT molecular complexity index is 987. The van der Waals surface area contributed by atoms with Crippen LogP contribution in [-0.4, -0.2) is 25.9 Å². The Hall–Kier alpha value is -1.21. The summed E-state index contributed by atoms with van der Waals surface area (Å²) in [6, 6.07) is 2.42. The fourth-order valence-corrected chi connectivity index (χ4v) is 5.48. The van der Waals surface area contributed by atoms with Gasteiger partial charge in [0, 0.05) is 5.56 Å². The zero-order valence-electron chi connectivity index (χ0n) is 13.4. The van der Waals surface area contributed by atoms with Crippen LogP contribution in [0.3, 0.4) is 0 Å². The van der Waals surface area contributed by atoms with Gasteiger partial charge in [-0.3, -0.25) is 4.72 Å². The van der Waals surface area contributed by atoms with Gasteiger partial charge in [-0.1, -0.05) is 35.3 Å². The van der Waals surface area contributed by atoms with Crippen LogP contribution < -0.4 is 4.72 Å². The molecule has 0 aliphatic rings. The van der Waals surface area contributed by atoms with Crippen LogP contribution >= 0.6 is 34.5 Å². The Morgan fingerprint density at radius 1 is 1.04 bits per heavy atom. The first-order valence-electron chi connectivity index (χ1n) is 6.95. The number of alkyl halides is 6. The molecular formula is C14H9Cl2F6NO3S2. The standard InChI is InChI=1S/C14H9Cl2F6NO3S2/c1-6-4-7(12(24,13(17,18)19)14(20,21)22)2-3-8(6)23-28(25,26)9-5-10(15)27-11(9)16/h2-5,23-24H,1H3. The van der Waals surface area contributed by atoms with E-state index in [-0.39, 0.29) is 19.9 Å². The molecule has 1 aromatic carbocycles. The van der Waals surface area contributed by atoms with Gasteiger partial charge >= 0.3 is 12.4 Å². The molecule has 1 aromatic heterocycles. The first-order chi connectivity index (χ1) is 12.5. The lowest BCUT2D eigenvalue weighted by molar-refractivity contribution is -0.376. The van der Waals surface area contributed by atoms with Crippen LogP contribution in [0.25, 0.3) is 0 Å². The summed E-state index contributed by atoms with van der Waals surface area (Å²) in [5.41, 5.74) is -7.24. The first-order valence-corrected chi connectivity index (χ1v) is 10.0. The van der Waals surface area contributed by atoms with Crippen molar-refractivity contribution in [1.82, 2.24) is 0 Å². The van der Waals surface area contributed by atoms with Gasteiger partial charge in [0.15, 0.2) is 0 Å². The van der Waals surface area contributed by atoms with E-state index in [9.17, 15) is 39.9 Å². The molecule has 2 N–H and O–H groups in total. The van der Waals surface area contributed by atoms with E-state index in [4.69, 9.17) is 23.2 Å². The molecule has 156 valence electrons. The number of rotatable bonds is 4. The van der Waals surface area contributed by atoms with Gasteiger partial charge in [0.05, 0.1) is 10.0 Å². The van der Waals surface area contributed by atoms with Crippen LogP contribution in [0.5, 0.6) is 0 Å². The highest BCUT2D eigenvalue weighted by atomic mass is 35.5. The number of thiophene rings is 1. The summed E-state index contributed by atoms with van der Waals surface area (Å²) in [4.78, 5) is -0.408. The van der Waals surface area contributed by atoms with Crippen molar-refractivity contribution < 1.29 is 39.9 Å². The number of sulfonamides is 1. The van der Waals surface area contributed by atoms with Crippen molar-refractivity contribution in [2.45, 2.75) is 29.8 Å². The van der Waals surface area contributed by atoms with Gasteiger partial charge in [0.1, 0.15) is 9.23 Å². The van der Waals surface area contributed by atoms with Crippen molar-refractivity contribution in [3.63, 3.8) is 0 Å². The third-order valence-electron chi connectivity index (χ3n) is 3.62. The number of hydrogen-bond donors (Lipinski definition) is 2. The molecule has 0 atom stereocenters. The zero-order valence-corrected chi connectivity index (χ0v) is 16.6. The lowest BCUT2D eigenvalue weighted by Gasteiger charge is -2.33. The van der Waals surface area contributed by atoms with Gasteiger partial charge in [0.25, 0.3) is 15.6 Å². The SMILES string of the molecule is Cc1cc(C(O)(C(F)(F)F)C(F)(F)F)ccc1NS(=O)(=O)c1cc(Cl)sc1Cl. The normalized spacial score (nSPS) is 13.6. The molecule has 0 saturated carbocycles. The molecule has 0 bridgehead atoms. The average Bonchev–Trinajstić information content (AvgIpc) is 2.85. The monoisotopic (exact) mass is 487 g/mol. The number of hydrogen-bond acceptors (Lipinski definition) is 4. The maximum absolute atomic E-state index is 12.9. The fourth-order valence-electron chi connectivity index (χ4n) is 2.20. The first kappa shape index (κ1) is 23.1. The molecule has 4 nitrogen and oxygen atoms in total. The highest BCUT2D eigenvalue weighted by Crippen LogP contribution is 2.50. The molecule has 14 heteroatoms. The molecule has 0 radical (unpaired) electrons. The predicted molar refractivity (Wildman–Crippen MR) is 92.3 cm³/mol. The molecule has 0 aliphatic heterocycles. The van der Waals surface area contributed by atoms with E-state index in [0.29, 0.717) is 18.2 Å². The zero-order chi connectivity index (χ0) is 21.7. The Kier molecular flexibility index (Phi) is 5.97. The topological polar surface area (TPSA) is 66.4 Å². The van der Waals surface area contributed by atoms with Gasteiger partial charge < -0.3 is 5.11 Å². The number of anilines is 1. The third-order valence-corrected chi connectivity index (χ3v) is 6.74. The number of halogens is 8. The smallest absolute Gasteiger partial charge is 0.369 e. The summed E-state index contributed by atoms with van der Waals surface area (Å²) in [5.74, 6) is 0. The maximum atomic E-state index is 12.9. The van der Waals surface area contributed by atoms with Gasteiger partial charge in [-0.25, -0.2) is 8.42 Å². The Morgan fingerprint density at radius 2 is 1.57 bits per heavy atom. The molecule has 0 fully saturated rings. The van der Waals surface area contributed by atoms with E-state index in [1.807, 2.05) is 4.72 Å². The molecule has 1 heterocycles. The summed E-state index contributed by atoms with van der Waals surface area (Å²) in [5, 5.41) is 9.40. The summed E-state index contributed by atoms with van der Waals surface area (Å²) in [7, 11) is -4.31. The van der Waals surface area contributed by atoms with Gasteiger partial charge in [0.2, 0.25) is 0 Å². The minimum Gasteiger partial charge on any atom is -0.369 e. The van der Waals surface area contributed by atoms with Crippen LogP contribution in [0.1, 0.15) is 11.1 Å². The van der Waals surface area contributed by atoms with Crippen molar-refractivity contribution >= 4 is 50.2 Å². The summed E-state index contributed by atoms with van der Waals surface area (Å²) >= 11 is 12.2. The van der Waals surface area contributed by atoms with E-state index < -0.39 is 38.4 Å². The quantitative estimate of drug-likeness (QED) is 0.561.